The molecule has 0 bridgehead atoms. The highest BCUT2D eigenvalue weighted by atomic mass is 32.2. The summed E-state index contributed by atoms with van der Waals surface area (Å²) in [6.45, 7) is 5.86. The van der Waals surface area contributed by atoms with Crippen LogP contribution in [-0.4, -0.2) is 37.2 Å². The average molecular weight is 319 g/mol. The third-order valence-electron chi connectivity index (χ3n) is 3.52. The van der Waals surface area contributed by atoms with Crippen molar-refractivity contribution < 1.29 is 4.74 Å². The zero-order valence-electron chi connectivity index (χ0n) is 13.2. The van der Waals surface area contributed by atoms with Crippen molar-refractivity contribution in [2.75, 3.05) is 26.0 Å². The number of thioether (sulfide) groups is 1. The predicted octanol–water partition coefficient (Wildman–Crippen LogP) is 2.81. The summed E-state index contributed by atoms with van der Waals surface area (Å²) in [6.07, 6.45) is 4.38. The van der Waals surface area contributed by atoms with E-state index in [4.69, 9.17) is 4.74 Å². The Hall–Kier alpha value is -1.62. The maximum Gasteiger partial charge on any atom is 0.191 e. The Kier molecular flexibility index (Phi) is 7.16. The highest BCUT2D eigenvalue weighted by Crippen LogP contribution is 2.25. The van der Waals surface area contributed by atoms with E-state index in [1.165, 1.54) is 18.6 Å². The Morgan fingerprint density at radius 3 is 3.05 bits per heavy atom. The van der Waals surface area contributed by atoms with Crippen molar-refractivity contribution >= 4 is 17.7 Å². The minimum absolute atomic E-state index is 0.517. The van der Waals surface area contributed by atoms with Crippen LogP contribution in [0.1, 0.15) is 18.4 Å². The zero-order valence-corrected chi connectivity index (χ0v) is 14.0. The van der Waals surface area contributed by atoms with Gasteiger partial charge in [-0.25, -0.2) is 0 Å². The van der Waals surface area contributed by atoms with E-state index in [-0.39, 0.29) is 0 Å². The van der Waals surface area contributed by atoms with Crippen molar-refractivity contribution in [2.45, 2.75) is 24.6 Å². The number of hydrogen-bond donors (Lipinski definition) is 2. The van der Waals surface area contributed by atoms with Crippen LogP contribution in [0.4, 0.5) is 0 Å². The van der Waals surface area contributed by atoms with E-state index < -0.39 is 0 Å². The molecule has 0 saturated carbocycles. The Morgan fingerprint density at radius 1 is 1.45 bits per heavy atom. The van der Waals surface area contributed by atoms with Crippen LogP contribution in [0, 0.1) is 0 Å². The molecular formula is C17H25N3OS. The minimum Gasteiger partial charge on any atom is -0.489 e. The number of benzene rings is 1. The number of nitrogens with zero attached hydrogens (tertiary/aromatic N) is 1. The summed E-state index contributed by atoms with van der Waals surface area (Å²) >= 11 is 2.05. The van der Waals surface area contributed by atoms with Crippen LogP contribution in [0.15, 0.2) is 41.9 Å². The molecule has 22 heavy (non-hydrogen) atoms. The van der Waals surface area contributed by atoms with Gasteiger partial charge in [-0.2, -0.15) is 11.8 Å². The summed E-state index contributed by atoms with van der Waals surface area (Å²) in [4.78, 5) is 4.28. The van der Waals surface area contributed by atoms with Gasteiger partial charge < -0.3 is 15.4 Å². The van der Waals surface area contributed by atoms with E-state index in [0.717, 1.165) is 23.8 Å². The number of aliphatic imine (C=N–C) groups is 1. The Labute approximate surface area is 137 Å². The molecule has 5 heteroatoms. The highest BCUT2D eigenvalue weighted by molar-refractivity contribution is 8.00. The number of rotatable bonds is 7. The molecule has 1 aliphatic heterocycles. The van der Waals surface area contributed by atoms with E-state index in [1.807, 2.05) is 30.0 Å². The topological polar surface area (TPSA) is 45.6 Å². The molecule has 1 aromatic carbocycles. The van der Waals surface area contributed by atoms with Gasteiger partial charge in [0.15, 0.2) is 5.96 Å². The van der Waals surface area contributed by atoms with Crippen LogP contribution in [0.3, 0.4) is 0 Å². The molecule has 1 saturated heterocycles. The normalized spacial score (nSPS) is 18.0. The number of hydrogen-bond acceptors (Lipinski definition) is 3. The third-order valence-corrected chi connectivity index (χ3v) is 4.92. The smallest absolute Gasteiger partial charge is 0.191 e. The molecule has 0 aliphatic carbocycles. The Morgan fingerprint density at radius 2 is 2.32 bits per heavy atom. The van der Waals surface area contributed by atoms with Crippen molar-refractivity contribution in [1.82, 2.24) is 10.6 Å². The van der Waals surface area contributed by atoms with Crippen LogP contribution >= 0.6 is 11.8 Å². The second-order valence-electron chi connectivity index (χ2n) is 5.15. The van der Waals surface area contributed by atoms with E-state index >= 15 is 0 Å². The molecule has 1 aliphatic rings. The second-order valence-corrected chi connectivity index (χ2v) is 6.56. The lowest BCUT2D eigenvalue weighted by Gasteiger charge is -2.16. The van der Waals surface area contributed by atoms with Crippen molar-refractivity contribution in [2.24, 2.45) is 4.99 Å². The maximum atomic E-state index is 5.67. The number of ether oxygens (including phenoxy) is 1. The molecule has 1 atom stereocenters. The summed E-state index contributed by atoms with van der Waals surface area (Å²) in [5, 5.41) is 7.47. The maximum absolute atomic E-state index is 5.67. The van der Waals surface area contributed by atoms with Gasteiger partial charge >= 0.3 is 0 Å². The molecule has 1 aromatic rings. The highest BCUT2D eigenvalue weighted by Gasteiger charge is 2.15. The quantitative estimate of drug-likeness (QED) is 0.461. The van der Waals surface area contributed by atoms with Crippen LogP contribution < -0.4 is 15.4 Å². The molecule has 120 valence electrons. The van der Waals surface area contributed by atoms with Crippen molar-refractivity contribution in [3.63, 3.8) is 0 Å². The van der Waals surface area contributed by atoms with Crippen LogP contribution in [0.2, 0.25) is 0 Å². The fourth-order valence-electron chi connectivity index (χ4n) is 2.35. The molecule has 0 amide bonds. The van der Waals surface area contributed by atoms with Gasteiger partial charge in [0.25, 0.3) is 0 Å². The predicted molar refractivity (Wildman–Crippen MR) is 95.8 cm³/mol. The largest absolute Gasteiger partial charge is 0.489 e. The van der Waals surface area contributed by atoms with E-state index in [1.54, 1.807) is 13.1 Å². The van der Waals surface area contributed by atoms with Gasteiger partial charge in [0.2, 0.25) is 0 Å². The summed E-state index contributed by atoms with van der Waals surface area (Å²) in [5.41, 5.74) is 1.11. The van der Waals surface area contributed by atoms with Gasteiger partial charge in [-0.05, 0) is 24.7 Å². The van der Waals surface area contributed by atoms with Crippen molar-refractivity contribution in [1.29, 1.82) is 0 Å². The standard InChI is InChI=1S/C17H25N3OS/c1-3-10-21-16-9-5-4-7-14(16)12-19-17(18-2)20-13-15-8-6-11-22-15/h3-5,7,9,15H,1,6,8,10-13H2,2H3,(H2,18,19,20). The van der Waals surface area contributed by atoms with E-state index in [0.29, 0.717) is 18.4 Å². The monoisotopic (exact) mass is 319 g/mol. The molecule has 1 heterocycles. The number of nitrogens with one attached hydrogen (secondary N) is 2. The van der Waals surface area contributed by atoms with Gasteiger partial charge in [0, 0.05) is 31.0 Å². The van der Waals surface area contributed by atoms with Crippen LogP contribution in [0.5, 0.6) is 5.75 Å². The molecule has 0 aromatic heterocycles. The van der Waals surface area contributed by atoms with Gasteiger partial charge in [0.1, 0.15) is 12.4 Å². The lowest BCUT2D eigenvalue weighted by atomic mass is 10.2. The van der Waals surface area contributed by atoms with Crippen molar-refractivity contribution in [3.8, 4) is 5.75 Å². The second kappa shape index (κ2) is 9.41. The minimum atomic E-state index is 0.517. The molecule has 1 unspecified atom stereocenters. The molecular weight excluding hydrogens is 294 g/mol. The Balaban J connectivity index is 1.83. The number of para-hydroxylation sites is 1. The SMILES string of the molecule is C=CCOc1ccccc1CNC(=NC)NCC1CCCS1. The summed E-state index contributed by atoms with van der Waals surface area (Å²) in [5.74, 6) is 3.01. The van der Waals surface area contributed by atoms with Crippen LogP contribution in [0.25, 0.3) is 0 Å². The van der Waals surface area contributed by atoms with E-state index in [9.17, 15) is 0 Å². The van der Waals surface area contributed by atoms with Gasteiger partial charge in [-0.1, -0.05) is 30.9 Å². The van der Waals surface area contributed by atoms with Crippen molar-refractivity contribution in [3.05, 3.63) is 42.5 Å². The molecule has 0 spiro atoms. The first-order valence-corrected chi connectivity index (χ1v) is 8.76. The first-order chi connectivity index (χ1) is 10.8. The molecule has 2 N–H and O–H groups in total. The molecule has 4 nitrogen and oxygen atoms in total. The van der Waals surface area contributed by atoms with Gasteiger partial charge in [-0.15, -0.1) is 0 Å². The molecule has 2 rings (SSSR count). The first-order valence-electron chi connectivity index (χ1n) is 7.71. The third kappa shape index (κ3) is 5.30. The van der Waals surface area contributed by atoms with Gasteiger partial charge in [0.05, 0.1) is 0 Å². The lowest BCUT2D eigenvalue weighted by Crippen LogP contribution is -2.39. The summed E-state index contributed by atoms with van der Waals surface area (Å²) < 4.78 is 5.67. The molecule has 0 radical (unpaired) electrons. The summed E-state index contributed by atoms with van der Waals surface area (Å²) in [6, 6.07) is 8.03. The Bertz CT molecular complexity index is 498. The fourth-order valence-corrected chi connectivity index (χ4v) is 3.56. The zero-order chi connectivity index (χ0) is 15.6. The van der Waals surface area contributed by atoms with Gasteiger partial charge in [-0.3, -0.25) is 4.99 Å². The fraction of sp³-hybridized carbons (Fsp3) is 0.471. The first kappa shape index (κ1) is 16.7. The molecule has 1 fully saturated rings. The summed E-state index contributed by atoms with van der Waals surface area (Å²) in [7, 11) is 1.80. The van der Waals surface area contributed by atoms with E-state index in [2.05, 4.69) is 28.3 Å². The van der Waals surface area contributed by atoms with Crippen LogP contribution in [-0.2, 0) is 6.54 Å². The average Bonchev–Trinajstić information content (AvgIpc) is 3.07. The number of guanidine groups is 1. The lowest BCUT2D eigenvalue weighted by molar-refractivity contribution is 0.358.